The minimum atomic E-state index is -0.241. The number of hydrogen-bond donors (Lipinski definition) is 1. The van der Waals surface area contributed by atoms with Crippen LogP contribution in [0.4, 0.5) is 10.2 Å². The van der Waals surface area contributed by atoms with E-state index in [4.69, 9.17) is 6.57 Å². The Morgan fingerprint density at radius 1 is 1.37 bits per heavy atom. The zero-order valence-corrected chi connectivity index (χ0v) is 10.4. The molecule has 1 N–H and O–H groups in total. The van der Waals surface area contributed by atoms with E-state index in [1.807, 2.05) is 4.68 Å². The lowest BCUT2D eigenvalue weighted by Gasteiger charge is -2.14. The maximum atomic E-state index is 12.9. The van der Waals surface area contributed by atoms with E-state index in [9.17, 15) is 4.39 Å². The standard InChI is InChI=1S/C14H13FN4/c1-16-14-12-6-7-17-8-13(12)19(18-14)9-10-2-4-11(15)5-3-10/h2-5,17H,6-9H2. The lowest BCUT2D eigenvalue weighted by atomic mass is 10.1. The van der Waals surface area contributed by atoms with E-state index in [0.717, 1.165) is 36.3 Å². The quantitative estimate of drug-likeness (QED) is 0.836. The van der Waals surface area contributed by atoms with Crippen molar-refractivity contribution in [1.29, 1.82) is 0 Å². The minimum absolute atomic E-state index is 0.241. The molecule has 0 unspecified atom stereocenters. The molecule has 0 bridgehead atoms. The van der Waals surface area contributed by atoms with E-state index in [-0.39, 0.29) is 5.82 Å². The number of hydrogen-bond acceptors (Lipinski definition) is 2. The first-order valence-corrected chi connectivity index (χ1v) is 6.19. The minimum Gasteiger partial charge on any atom is -0.359 e. The van der Waals surface area contributed by atoms with E-state index in [1.165, 1.54) is 12.1 Å². The van der Waals surface area contributed by atoms with Crippen molar-refractivity contribution in [3.63, 3.8) is 0 Å². The summed E-state index contributed by atoms with van der Waals surface area (Å²) in [6, 6.07) is 6.38. The zero-order chi connectivity index (χ0) is 13.2. The molecule has 2 aromatic rings. The molecule has 0 spiro atoms. The summed E-state index contributed by atoms with van der Waals surface area (Å²) in [5.74, 6) is 0.258. The van der Waals surface area contributed by atoms with Gasteiger partial charge in [-0.1, -0.05) is 18.7 Å². The van der Waals surface area contributed by atoms with Crippen molar-refractivity contribution in [2.45, 2.75) is 19.5 Å². The molecule has 1 aliphatic rings. The summed E-state index contributed by atoms with van der Waals surface area (Å²) in [4.78, 5) is 3.49. The van der Waals surface area contributed by atoms with Crippen molar-refractivity contribution in [3.05, 3.63) is 58.3 Å². The molecule has 5 heteroatoms. The van der Waals surface area contributed by atoms with Gasteiger partial charge in [0, 0.05) is 12.1 Å². The summed E-state index contributed by atoms with van der Waals surface area (Å²) in [6.45, 7) is 9.38. The van der Waals surface area contributed by atoms with Crippen LogP contribution in [0.3, 0.4) is 0 Å². The third-order valence-corrected chi connectivity index (χ3v) is 3.34. The second-order valence-corrected chi connectivity index (χ2v) is 4.57. The summed E-state index contributed by atoms with van der Waals surface area (Å²) in [7, 11) is 0. The number of nitrogens with zero attached hydrogens (tertiary/aromatic N) is 3. The van der Waals surface area contributed by atoms with Gasteiger partial charge >= 0.3 is 0 Å². The fraction of sp³-hybridized carbons (Fsp3) is 0.286. The molecule has 0 saturated carbocycles. The predicted molar refractivity (Wildman–Crippen MR) is 69.4 cm³/mol. The second kappa shape index (κ2) is 4.82. The van der Waals surface area contributed by atoms with Gasteiger partial charge in [0.1, 0.15) is 5.82 Å². The molecule has 1 aliphatic heterocycles. The highest BCUT2D eigenvalue weighted by molar-refractivity contribution is 5.49. The number of nitrogens with one attached hydrogen (secondary N) is 1. The van der Waals surface area contributed by atoms with Crippen LogP contribution in [0.2, 0.25) is 0 Å². The zero-order valence-electron chi connectivity index (χ0n) is 10.4. The average Bonchev–Trinajstić information content (AvgIpc) is 2.80. The van der Waals surface area contributed by atoms with E-state index < -0.39 is 0 Å². The molecular formula is C14H13FN4. The highest BCUT2D eigenvalue weighted by atomic mass is 19.1. The van der Waals surface area contributed by atoms with Gasteiger partial charge in [-0.3, -0.25) is 0 Å². The van der Waals surface area contributed by atoms with Crippen LogP contribution in [0, 0.1) is 12.4 Å². The number of rotatable bonds is 2. The molecule has 0 radical (unpaired) electrons. The van der Waals surface area contributed by atoms with E-state index in [2.05, 4.69) is 15.3 Å². The van der Waals surface area contributed by atoms with Crippen molar-refractivity contribution < 1.29 is 4.39 Å². The van der Waals surface area contributed by atoms with Crippen LogP contribution in [-0.4, -0.2) is 16.3 Å². The Bertz CT molecular complexity index is 637. The molecule has 4 nitrogen and oxygen atoms in total. The van der Waals surface area contributed by atoms with Gasteiger partial charge in [0.25, 0.3) is 5.82 Å². The van der Waals surface area contributed by atoms with Gasteiger partial charge in [0.2, 0.25) is 0 Å². The summed E-state index contributed by atoms with van der Waals surface area (Å²) in [5.41, 5.74) is 3.10. The Labute approximate surface area is 110 Å². The fourth-order valence-electron chi connectivity index (χ4n) is 2.38. The lowest BCUT2D eigenvalue weighted by Crippen LogP contribution is -2.25. The molecular weight excluding hydrogens is 243 g/mol. The summed E-state index contributed by atoms with van der Waals surface area (Å²) in [6.07, 6.45) is 0.844. The van der Waals surface area contributed by atoms with Crippen molar-refractivity contribution in [3.8, 4) is 0 Å². The molecule has 0 amide bonds. The van der Waals surface area contributed by atoms with E-state index >= 15 is 0 Å². The Hall–Kier alpha value is -2.19. The molecule has 1 aromatic carbocycles. The van der Waals surface area contributed by atoms with Crippen LogP contribution in [0.5, 0.6) is 0 Å². The van der Waals surface area contributed by atoms with Gasteiger partial charge in [0.15, 0.2) is 0 Å². The van der Waals surface area contributed by atoms with Crippen LogP contribution in [0.25, 0.3) is 4.85 Å². The molecule has 0 aliphatic carbocycles. The first-order valence-electron chi connectivity index (χ1n) is 6.19. The van der Waals surface area contributed by atoms with Gasteiger partial charge in [-0.2, -0.15) is 4.68 Å². The molecule has 0 saturated heterocycles. The number of fused-ring (bicyclic) bond motifs is 1. The first kappa shape index (κ1) is 11.9. The van der Waals surface area contributed by atoms with Crippen LogP contribution >= 0.6 is 0 Å². The average molecular weight is 256 g/mol. The smallest absolute Gasteiger partial charge is 0.299 e. The van der Waals surface area contributed by atoms with Gasteiger partial charge in [-0.15, -0.1) is 0 Å². The molecule has 96 valence electrons. The normalized spacial score (nSPS) is 13.9. The second-order valence-electron chi connectivity index (χ2n) is 4.57. The molecule has 0 fully saturated rings. The van der Waals surface area contributed by atoms with Crippen LogP contribution in [-0.2, 0) is 19.5 Å². The fourth-order valence-corrected chi connectivity index (χ4v) is 2.38. The van der Waals surface area contributed by atoms with Gasteiger partial charge in [-0.25, -0.2) is 4.39 Å². The number of benzene rings is 1. The summed E-state index contributed by atoms with van der Waals surface area (Å²) in [5, 5.41) is 7.65. The van der Waals surface area contributed by atoms with E-state index in [1.54, 1.807) is 12.1 Å². The van der Waals surface area contributed by atoms with Crippen molar-refractivity contribution in [2.75, 3.05) is 6.54 Å². The Balaban J connectivity index is 1.95. The number of halogens is 1. The third-order valence-electron chi connectivity index (χ3n) is 3.34. The first-order chi connectivity index (χ1) is 9.28. The van der Waals surface area contributed by atoms with Crippen molar-refractivity contribution >= 4 is 5.82 Å². The van der Waals surface area contributed by atoms with Crippen LogP contribution in [0.15, 0.2) is 24.3 Å². The van der Waals surface area contributed by atoms with Crippen molar-refractivity contribution in [1.82, 2.24) is 15.1 Å². The van der Waals surface area contributed by atoms with Gasteiger partial charge < -0.3 is 10.2 Å². The van der Waals surface area contributed by atoms with Crippen LogP contribution < -0.4 is 5.32 Å². The molecule has 1 aromatic heterocycles. The monoisotopic (exact) mass is 256 g/mol. The predicted octanol–water partition coefficient (Wildman–Crippen LogP) is 2.27. The molecule has 3 rings (SSSR count). The lowest BCUT2D eigenvalue weighted by molar-refractivity contribution is 0.569. The Morgan fingerprint density at radius 3 is 2.89 bits per heavy atom. The highest BCUT2D eigenvalue weighted by Gasteiger charge is 2.22. The van der Waals surface area contributed by atoms with Crippen LogP contribution in [0.1, 0.15) is 16.8 Å². The SMILES string of the molecule is [C-]#[N+]c1nn(Cc2ccc(F)cc2)c2c1CCNC2. The molecule has 19 heavy (non-hydrogen) atoms. The maximum Gasteiger partial charge on any atom is 0.299 e. The number of aromatic nitrogens is 2. The van der Waals surface area contributed by atoms with E-state index in [0.29, 0.717) is 12.4 Å². The third kappa shape index (κ3) is 2.23. The van der Waals surface area contributed by atoms with Gasteiger partial charge in [-0.05, 0) is 35.8 Å². The highest BCUT2D eigenvalue weighted by Crippen LogP contribution is 2.25. The molecule has 0 atom stereocenters. The topological polar surface area (TPSA) is 34.2 Å². The summed E-state index contributed by atoms with van der Waals surface area (Å²) < 4.78 is 14.7. The Kier molecular flexibility index (Phi) is 3.02. The summed E-state index contributed by atoms with van der Waals surface area (Å²) >= 11 is 0. The maximum absolute atomic E-state index is 12.9. The largest absolute Gasteiger partial charge is 0.359 e. The molecule has 2 heterocycles. The van der Waals surface area contributed by atoms with Crippen molar-refractivity contribution in [2.24, 2.45) is 0 Å². The Morgan fingerprint density at radius 2 is 2.16 bits per heavy atom. The van der Waals surface area contributed by atoms with Gasteiger partial charge in [0.05, 0.1) is 12.2 Å².